The van der Waals surface area contributed by atoms with E-state index in [9.17, 15) is 10.2 Å². The van der Waals surface area contributed by atoms with Crippen molar-refractivity contribution in [3.05, 3.63) is 0 Å². The molecule has 1 aliphatic heterocycles. The summed E-state index contributed by atoms with van der Waals surface area (Å²) in [5.74, 6) is 0. The fourth-order valence-corrected chi connectivity index (χ4v) is 1.64. The number of aliphatic hydroxyl groups excluding tert-OH is 3. The van der Waals surface area contributed by atoms with Gasteiger partial charge in [-0.1, -0.05) is 22.6 Å². The van der Waals surface area contributed by atoms with Crippen molar-refractivity contribution in [2.24, 2.45) is 0 Å². The summed E-state index contributed by atoms with van der Waals surface area (Å²) in [5.41, 5.74) is 0. The van der Waals surface area contributed by atoms with Crippen molar-refractivity contribution in [1.29, 1.82) is 0 Å². The Balaban J connectivity index is 2.52. The minimum Gasteiger partial charge on any atom is -0.394 e. The first-order chi connectivity index (χ1) is 5.16. The van der Waals surface area contributed by atoms with Crippen LogP contribution >= 0.6 is 22.6 Å². The maximum absolute atomic E-state index is 9.30. The molecule has 4 nitrogen and oxygen atoms in total. The van der Waals surface area contributed by atoms with E-state index in [1.807, 2.05) is 22.6 Å². The van der Waals surface area contributed by atoms with Crippen molar-refractivity contribution in [2.45, 2.75) is 22.2 Å². The Kier molecular flexibility index (Phi) is 3.51. The molecule has 0 aromatic heterocycles. The minimum absolute atomic E-state index is 0.0922. The lowest BCUT2D eigenvalue weighted by Crippen LogP contribution is -2.51. The van der Waals surface area contributed by atoms with Crippen LogP contribution in [0.15, 0.2) is 0 Å². The third kappa shape index (κ3) is 2.03. The number of halogens is 1. The van der Waals surface area contributed by atoms with Gasteiger partial charge in [0.25, 0.3) is 0 Å². The number of hydrogen-bond donors (Lipinski definition) is 3. The zero-order valence-corrected chi connectivity index (χ0v) is 8.01. The van der Waals surface area contributed by atoms with Gasteiger partial charge < -0.3 is 20.1 Å². The highest BCUT2D eigenvalue weighted by molar-refractivity contribution is 14.1. The summed E-state index contributed by atoms with van der Waals surface area (Å²) in [4.78, 5) is 0. The fraction of sp³-hybridized carbons (Fsp3) is 1.00. The molecular weight excluding hydrogens is 263 g/mol. The van der Waals surface area contributed by atoms with E-state index in [0.717, 1.165) is 0 Å². The normalized spacial score (nSPS) is 45.8. The van der Waals surface area contributed by atoms with Crippen LogP contribution in [0.1, 0.15) is 0 Å². The summed E-state index contributed by atoms with van der Waals surface area (Å²) in [5, 5.41) is 27.2. The van der Waals surface area contributed by atoms with E-state index in [1.54, 1.807) is 0 Å². The Labute approximate surface area is 78.3 Å². The molecule has 1 aliphatic rings. The molecule has 1 heterocycles. The largest absolute Gasteiger partial charge is 0.394 e. The lowest BCUT2D eigenvalue weighted by Gasteiger charge is -2.34. The summed E-state index contributed by atoms with van der Waals surface area (Å²) < 4.78 is 4.96. The molecule has 0 unspecified atom stereocenters. The van der Waals surface area contributed by atoms with Crippen LogP contribution in [0.25, 0.3) is 0 Å². The van der Waals surface area contributed by atoms with E-state index in [-0.39, 0.29) is 10.5 Å². The highest BCUT2D eigenvalue weighted by atomic mass is 127. The van der Waals surface area contributed by atoms with Gasteiger partial charge in [-0.25, -0.2) is 0 Å². The second-order valence-electron chi connectivity index (χ2n) is 2.55. The fourth-order valence-electron chi connectivity index (χ4n) is 1.01. The van der Waals surface area contributed by atoms with Crippen molar-refractivity contribution in [3.63, 3.8) is 0 Å². The zero-order chi connectivity index (χ0) is 8.43. The van der Waals surface area contributed by atoms with Gasteiger partial charge in [0, 0.05) is 0 Å². The first kappa shape index (κ1) is 9.66. The van der Waals surface area contributed by atoms with Crippen molar-refractivity contribution in [3.8, 4) is 0 Å². The molecule has 11 heavy (non-hydrogen) atoms. The van der Waals surface area contributed by atoms with Crippen LogP contribution in [-0.2, 0) is 4.74 Å². The first-order valence-electron chi connectivity index (χ1n) is 3.39. The van der Waals surface area contributed by atoms with E-state index < -0.39 is 18.3 Å². The standard InChI is InChI=1S/C6H11IO4/c7-3-2-11-4(1-8)6(10)5(3)9/h3-6,8-10H,1-2H2/t3-,4-,5-,6+/m1/s1. The molecule has 5 heteroatoms. The van der Waals surface area contributed by atoms with E-state index in [4.69, 9.17) is 9.84 Å². The minimum atomic E-state index is -0.962. The first-order valence-corrected chi connectivity index (χ1v) is 4.64. The van der Waals surface area contributed by atoms with Gasteiger partial charge in [0.15, 0.2) is 0 Å². The molecule has 0 aromatic carbocycles. The predicted octanol–water partition coefficient (Wildman–Crippen LogP) is -1.10. The van der Waals surface area contributed by atoms with Crippen LogP contribution in [-0.4, -0.2) is 50.8 Å². The van der Waals surface area contributed by atoms with E-state index >= 15 is 0 Å². The molecule has 0 aromatic rings. The van der Waals surface area contributed by atoms with Gasteiger partial charge in [-0.15, -0.1) is 0 Å². The molecule has 0 bridgehead atoms. The van der Waals surface area contributed by atoms with Gasteiger partial charge in [0.1, 0.15) is 12.2 Å². The van der Waals surface area contributed by atoms with Gasteiger partial charge in [-0.05, 0) is 0 Å². The second kappa shape index (κ2) is 3.99. The number of aliphatic hydroxyl groups is 3. The van der Waals surface area contributed by atoms with Gasteiger partial charge >= 0.3 is 0 Å². The van der Waals surface area contributed by atoms with Crippen molar-refractivity contribution >= 4 is 22.6 Å². The summed E-state index contributed by atoms with van der Waals surface area (Å²) in [7, 11) is 0. The smallest absolute Gasteiger partial charge is 0.109 e. The van der Waals surface area contributed by atoms with Gasteiger partial charge in [-0.3, -0.25) is 0 Å². The number of alkyl halides is 1. The monoisotopic (exact) mass is 274 g/mol. The highest BCUT2D eigenvalue weighted by Gasteiger charge is 2.36. The zero-order valence-electron chi connectivity index (χ0n) is 5.85. The maximum Gasteiger partial charge on any atom is 0.109 e. The van der Waals surface area contributed by atoms with Crippen molar-refractivity contribution in [1.82, 2.24) is 0 Å². The SMILES string of the molecule is OC[C@H]1OC[C@@H](I)[C@@H](O)[C@H]1O. The molecule has 1 fully saturated rings. The quantitative estimate of drug-likeness (QED) is 0.419. The molecule has 0 radical (unpaired) electrons. The Morgan fingerprint density at radius 3 is 2.55 bits per heavy atom. The molecule has 0 spiro atoms. The van der Waals surface area contributed by atoms with Crippen molar-refractivity contribution in [2.75, 3.05) is 13.2 Å². The molecule has 4 atom stereocenters. The topological polar surface area (TPSA) is 69.9 Å². The van der Waals surface area contributed by atoms with Crippen LogP contribution < -0.4 is 0 Å². The average Bonchev–Trinajstić information content (AvgIpc) is 2.01. The summed E-state index contributed by atoms with van der Waals surface area (Å²) in [6.45, 7) is 0.131. The molecular formula is C6H11IO4. The van der Waals surface area contributed by atoms with Crippen LogP contribution in [0.2, 0.25) is 0 Å². The Hall–Kier alpha value is 0.570. The highest BCUT2D eigenvalue weighted by Crippen LogP contribution is 2.20. The maximum atomic E-state index is 9.30. The van der Waals surface area contributed by atoms with Crippen molar-refractivity contribution < 1.29 is 20.1 Å². The molecule has 3 N–H and O–H groups in total. The molecule has 0 saturated carbocycles. The third-order valence-electron chi connectivity index (χ3n) is 1.75. The molecule has 1 rings (SSSR count). The Morgan fingerprint density at radius 1 is 1.36 bits per heavy atom. The van der Waals surface area contributed by atoms with Gasteiger partial charge in [0.05, 0.1) is 23.2 Å². The molecule has 0 amide bonds. The Morgan fingerprint density at radius 2 is 2.00 bits per heavy atom. The Bertz CT molecular complexity index is 130. The molecule has 0 aliphatic carbocycles. The van der Waals surface area contributed by atoms with Crippen LogP contribution in [0.5, 0.6) is 0 Å². The summed E-state index contributed by atoms with van der Waals surface area (Å²) >= 11 is 2.01. The molecule has 1 saturated heterocycles. The van der Waals surface area contributed by atoms with Crippen LogP contribution in [0.3, 0.4) is 0 Å². The second-order valence-corrected chi connectivity index (χ2v) is 4.15. The van der Waals surface area contributed by atoms with Crippen LogP contribution in [0.4, 0.5) is 0 Å². The summed E-state index contributed by atoms with van der Waals surface area (Å²) in [6.07, 6.45) is -2.38. The molecule has 66 valence electrons. The lowest BCUT2D eigenvalue weighted by atomic mass is 10.0. The van der Waals surface area contributed by atoms with Crippen LogP contribution in [0, 0.1) is 0 Å². The van der Waals surface area contributed by atoms with E-state index in [2.05, 4.69) is 0 Å². The van der Waals surface area contributed by atoms with E-state index in [0.29, 0.717) is 6.61 Å². The van der Waals surface area contributed by atoms with Gasteiger partial charge in [-0.2, -0.15) is 0 Å². The number of ether oxygens (including phenoxy) is 1. The number of rotatable bonds is 1. The lowest BCUT2D eigenvalue weighted by molar-refractivity contribution is -0.141. The third-order valence-corrected chi connectivity index (χ3v) is 2.85. The number of hydrogen-bond acceptors (Lipinski definition) is 4. The average molecular weight is 274 g/mol. The van der Waals surface area contributed by atoms with Gasteiger partial charge in [0.2, 0.25) is 0 Å². The predicted molar refractivity (Wildman–Crippen MR) is 46.6 cm³/mol. The summed E-state index contributed by atoms with van der Waals surface area (Å²) in [6, 6.07) is 0. The van der Waals surface area contributed by atoms with E-state index in [1.165, 1.54) is 0 Å².